The van der Waals surface area contributed by atoms with Crippen LogP contribution in [0.4, 0.5) is 11.6 Å². The van der Waals surface area contributed by atoms with E-state index in [1.165, 1.54) is 4.52 Å². The molecule has 128 valence electrons. The van der Waals surface area contributed by atoms with E-state index in [0.717, 1.165) is 38.2 Å². The maximum atomic E-state index is 12.6. The molecule has 2 atom stereocenters. The fourth-order valence-electron chi connectivity index (χ4n) is 3.10. The van der Waals surface area contributed by atoms with Gasteiger partial charge in [0.25, 0.3) is 5.91 Å². The molecule has 1 amide bonds. The number of nitrogens with two attached hydrogens (primary N) is 1. The van der Waals surface area contributed by atoms with Crippen molar-refractivity contribution in [2.75, 3.05) is 30.3 Å². The van der Waals surface area contributed by atoms with Crippen LogP contribution < -0.4 is 16.0 Å². The molecule has 1 aliphatic heterocycles. The van der Waals surface area contributed by atoms with Crippen molar-refractivity contribution in [3.8, 4) is 0 Å². The number of rotatable bonds is 4. The number of anilines is 2. The molecular formula is C15H21N6O2P. The Balaban J connectivity index is 1.69. The van der Waals surface area contributed by atoms with Gasteiger partial charge < -0.3 is 21.1 Å². The maximum Gasteiger partial charge on any atom is 0.259 e. The summed E-state index contributed by atoms with van der Waals surface area (Å²) in [6.07, 6.45) is 4.43. The number of amides is 1. The summed E-state index contributed by atoms with van der Waals surface area (Å²) in [5.41, 5.74) is 6.72. The highest BCUT2D eigenvalue weighted by atomic mass is 31.0. The van der Waals surface area contributed by atoms with Crippen molar-refractivity contribution in [3.63, 3.8) is 0 Å². The topological polar surface area (TPSA) is 109 Å². The molecule has 2 aliphatic rings. The van der Waals surface area contributed by atoms with Crippen LogP contribution in [0.2, 0.25) is 0 Å². The number of fused-ring (bicyclic) bond motifs is 1. The number of nitrogens with zero attached hydrogens (tertiary/aromatic N) is 4. The summed E-state index contributed by atoms with van der Waals surface area (Å²) in [4.78, 5) is 19.4. The van der Waals surface area contributed by atoms with E-state index in [1.54, 1.807) is 6.20 Å². The highest BCUT2D eigenvalue weighted by Gasteiger charge is 2.44. The monoisotopic (exact) mass is 348 g/mol. The van der Waals surface area contributed by atoms with Gasteiger partial charge in [-0.05, 0) is 31.0 Å². The maximum absolute atomic E-state index is 12.6. The molecule has 1 saturated carbocycles. The van der Waals surface area contributed by atoms with Crippen molar-refractivity contribution < 1.29 is 9.90 Å². The highest BCUT2D eigenvalue weighted by Crippen LogP contribution is 2.35. The predicted molar refractivity (Wildman–Crippen MR) is 94.2 cm³/mol. The Morgan fingerprint density at radius 2 is 2.33 bits per heavy atom. The average molecular weight is 348 g/mol. The molecule has 2 aromatic rings. The molecule has 4 rings (SSSR count). The van der Waals surface area contributed by atoms with Crippen LogP contribution in [0.25, 0.3) is 5.65 Å². The van der Waals surface area contributed by atoms with Gasteiger partial charge in [-0.1, -0.05) is 0 Å². The fourth-order valence-corrected chi connectivity index (χ4v) is 3.51. The minimum Gasteiger partial charge on any atom is -0.394 e. The molecule has 0 spiro atoms. The van der Waals surface area contributed by atoms with E-state index in [-0.39, 0.29) is 23.9 Å². The molecule has 0 bridgehead atoms. The van der Waals surface area contributed by atoms with Gasteiger partial charge >= 0.3 is 0 Å². The zero-order chi connectivity index (χ0) is 16.9. The zero-order valence-corrected chi connectivity index (χ0v) is 14.4. The Morgan fingerprint density at radius 1 is 1.54 bits per heavy atom. The molecule has 8 nitrogen and oxygen atoms in total. The Morgan fingerprint density at radius 3 is 2.96 bits per heavy atom. The van der Waals surface area contributed by atoms with Gasteiger partial charge in [-0.2, -0.15) is 0 Å². The minimum absolute atomic E-state index is 0.0696. The first-order chi connectivity index (χ1) is 11.5. The van der Waals surface area contributed by atoms with Crippen molar-refractivity contribution in [1.29, 1.82) is 0 Å². The van der Waals surface area contributed by atoms with Crippen molar-refractivity contribution in [3.05, 3.63) is 17.8 Å². The second kappa shape index (κ2) is 5.57. The summed E-state index contributed by atoms with van der Waals surface area (Å²) in [5.74, 6) is 0.643. The van der Waals surface area contributed by atoms with E-state index in [0.29, 0.717) is 11.3 Å². The lowest BCUT2D eigenvalue weighted by atomic mass is 10.2. The molecule has 24 heavy (non-hydrogen) atoms. The van der Waals surface area contributed by atoms with Crippen LogP contribution in [0.1, 0.15) is 29.6 Å². The standard InChI is InChI=1S/C15H21N6O2P/c16-12-11(14(23)18-15(8-22)3-4-15)13-17-10(2-6-21(13)19-12)20-5-1-9(24)7-20/h2,6,9,22H,1,3-5,7-8,24H2,(H2,16,19)(H,18,23). The van der Waals surface area contributed by atoms with Crippen molar-refractivity contribution in [2.45, 2.75) is 30.5 Å². The molecule has 0 radical (unpaired) electrons. The van der Waals surface area contributed by atoms with Gasteiger partial charge in [0.1, 0.15) is 11.4 Å². The second-order valence-electron chi connectivity index (χ2n) is 6.70. The Hall–Kier alpha value is -1.92. The third kappa shape index (κ3) is 2.59. The largest absolute Gasteiger partial charge is 0.394 e. The average Bonchev–Trinajstić information content (AvgIpc) is 3.05. The number of hydrogen-bond acceptors (Lipinski definition) is 6. The summed E-state index contributed by atoms with van der Waals surface area (Å²) < 4.78 is 1.53. The quantitative estimate of drug-likeness (QED) is 0.672. The summed E-state index contributed by atoms with van der Waals surface area (Å²) in [7, 11) is 2.84. The van der Waals surface area contributed by atoms with E-state index in [2.05, 4.69) is 29.5 Å². The number of hydrogen-bond donors (Lipinski definition) is 3. The van der Waals surface area contributed by atoms with E-state index >= 15 is 0 Å². The van der Waals surface area contributed by atoms with Gasteiger partial charge in [0.2, 0.25) is 0 Å². The molecule has 2 unspecified atom stereocenters. The highest BCUT2D eigenvalue weighted by molar-refractivity contribution is 7.17. The lowest BCUT2D eigenvalue weighted by molar-refractivity contribution is 0.0909. The first kappa shape index (κ1) is 15.6. The lowest BCUT2D eigenvalue weighted by Crippen LogP contribution is -2.39. The van der Waals surface area contributed by atoms with E-state index in [4.69, 9.17) is 5.73 Å². The lowest BCUT2D eigenvalue weighted by Gasteiger charge is -2.17. The molecule has 1 aliphatic carbocycles. The van der Waals surface area contributed by atoms with Crippen LogP contribution in [0.15, 0.2) is 12.3 Å². The number of carbonyl (C=O) groups excluding carboxylic acids is 1. The molecule has 2 fully saturated rings. The van der Waals surface area contributed by atoms with E-state index in [1.807, 2.05) is 6.07 Å². The van der Waals surface area contributed by atoms with Gasteiger partial charge in [0.05, 0.1) is 12.1 Å². The van der Waals surface area contributed by atoms with Gasteiger partial charge in [-0.15, -0.1) is 14.3 Å². The van der Waals surface area contributed by atoms with Gasteiger partial charge in [0, 0.05) is 19.3 Å². The molecule has 0 aromatic carbocycles. The van der Waals surface area contributed by atoms with Crippen LogP contribution in [0, 0.1) is 0 Å². The fraction of sp³-hybridized carbons (Fsp3) is 0.533. The summed E-state index contributed by atoms with van der Waals surface area (Å²) in [6.45, 7) is 1.79. The molecular weight excluding hydrogens is 327 g/mol. The molecule has 4 N–H and O–H groups in total. The smallest absolute Gasteiger partial charge is 0.259 e. The normalized spacial score (nSPS) is 22.1. The van der Waals surface area contributed by atoms with Gasteiger partial charge in [-0.3, -0.25) is 4.79 Å². The second-order valence-corrected chi connectivity index (χ2v) is 7.64. The number of nitrogens with one attached hydrogen (secondary N) is 1. The van der Waals surface area contributed by atoms with Crippen molar-refractivity contribution >= 4 is 32.4 Å². The third-order valence-electron chi connectivity index (χ3n) is 4.81. The molecule has 1 saturated heterocycles. The van der Waals surface area contributed by atoms with Gasteiger partial charge in [0.15, 0.2) is 11.5 Å². The van der Waals surface area contributed by atoms with Crippen LogP contribution >= 0.6 is 9.24 Å². The zero-order valence-electron chi connectivity index (χ0n) is 13.3. The predicted octanol–water partition coefficient (Wildman–Crippen LogP) is 0.0200. The van der Waals surface area contributed by atoms with E-state index < -0.39 is 5.54 Å². The summed E-state index contributed by atoms with van der Waals surface area (Å²) in [5, 5.41) is 16.5. The molecule has 3 heterocycles. The molecule has 2 aromatic heterocycles. The van der Waals surface area contributed by atoms with Gasteiger partial charge in [-0.25, -0.2) is 9.50 Å². The van der Waals surface area contributed by atoms with E-state index in [9.17, 15) is 9.90 Å². The third-order valence-corrected chi connectivity index (χ3v) is 5.35. The first-order valence-electron chi connectivity index (χ1n) is 8.10. The Labute approximate surface area is 141 Å². The number of aliphatic hydroxyl groups excluding tert-OH is 1. The first-order valence-corrected chi connectivity index (χ1v) is 8.77. The summed E-state index contributed by atoms with van der Waals surface area (Å²) in [6, 6.07) is 1.89. The Bertz CT molecular complexity index is 803. The number of nitrogen functional groups attached to an aromatic ring is 1. The Kier molecular flexibility index (Phi) is 3.62. The number of carbonyl (C=O) groups is 1. The van der Waals surface area contributed by atoms with Crippen LogP contribution in [-0.4, -0.2) is 56.5 Å². The van der Waals surface area contributed by atoms with Crippen LogP contribution in [0.5, 0.6) is 0 Å². The number of aromatic nitrogens is 3. The molecule has 9 heteroatoms. The SMILES string of the molecule is Nc1nn2ccc(N3CCC(P)C3)nc2c1C(=O)NC1(CO)CC1. The van der Waals surface area contributed by atoms with Crippen molar-refractivity contribution in [2.24, 2.45) is 0 Å². The van der Waals surface area contributed by atoms with Crippen LogP contribution in [-0.2, 0) is 0 Å². The number of aliphatic hydroxyl groups is 1. The minimum atomic E-state index is -0.503. The van der Waals surface area contributed by atoms with Crippen molar-refractivity contribution in [1.82, 2.24) is 19.9 Å². The summed E-state index contributed by atoms with van der Waals surface area (Å²) >= 11 is 0. The van der Waals surface area contributed by atoms with Crippen LogP contribution in [0.3, 0.4) is 0 Å².